The molecular formula is C22H21ClN4O2. The minimum Gasteiger partial charge on any atom is -0.487 e. The molecule has 4 rings (SSSR count). The topological polar surface area (TPSA) is 51.8 Å². The van der Waals surface area contributed by atoms with Crippen LogP contribution in [-0.4, -0.2) is 28.0 Å². The fourth-order valence-corrected chi connectivity index (χ4v) is 3.28. The number of aromatic nitrogens is 3. The Hall–Kier alpha value is -3.25. The zero-order chi connectivity index (χ0) is 20.5. The predicted octanol–water partition coefficient (Wildman–Crippen LogP) is 4.00. The molecule has 0 atom stereocenters. The van der Waals surface area contributed by atoms with E-state index in [0.717, 1.165) is 16.8 Å². The van der Waals surface area contributed by atoms with Crippen molar-refractivity contribution < 1.29 is 4.74 Å². The summed E-state index contributed by atoms with van der Waals surface area (Å²) >= 11 is 5.91. The van der Waals surface area contributed by atoms with Crippen LogP contribution in [0.4, 0.5) is 5.69 Å². The van der Waals surface area contributed by atoms with Gasteiger partial charge in [0, 0.05) is 49.8 Å². The van der Waals surface area contributed by atoms with E-state index in [1.807, 2.05) is 43.4 Å². The number of aryl methyl sites for hydroxylation is 1. The Morgan fingerprint density at radius 2 is 1.86 bits per heavy atom. The van der Waals surface area contributed by atoms with Gasteiger partial charge in [-0.3, -0.25) is 4.40 Å². The molecule has 0 fully saturated rings. The predicted molar refractivity (Wildman–Crippen MR) is 116 cm³/mol. The molecule has 2 heterocycles. The van der Waals surface area contributed by atoms with Crippen LogP contribution < -0.4 is 15.3 Å². The average molecular weight is 409 g/mol. The van der Waals surface area contributed by atoms with Crippen LogP contribution in [0.15, 0.2) is 65.7 Å². The van der Waals surface area contributed by atoms with E-state index in [1.165, 1.54) is 0 Å². The van der Waals surface area contributed by atoms with Gasteiger partial charge in [-0.15, -0.1) is 0 Å². The van der Waals surface area contributed by atoms with E-state index in [2.05, 4.69) is 11.1 Å². The molecule has 0 unspecified atom stereocenters. The molecule has 0 bridgehead atoms. The van der Waals surface area contributed by atoms with Gasteiger partial charge in [0.1, 0.15) is 12.4 Å². The third-order valence-electron chi connectivity index (χ3n) is 4.70. The van der Waals surface area contributed by atoms with Gasteiger partial charge in [-0.05, 0) is 42.0 Å². The van der Waals surface area contributed by atoms with Crippen molar-refractivity contribution in [1.82, 2.24) is 14.0 Å². The second kappa shape index (κ2) is 7.64. The van der Waals surface area contributed by atoms with Gasteiger partial charge in [-0.1, -0.05) is 23.7 Å². The number of ether oxygens (including phenoxy) is 1. The number of hydrogen-bond donors (Lipinski definition) is 0. The summed E-state index contributed by atoms with van der Waals surface area (Å²) in [6.07, 6.45) is 3.55. The molecule has 0 radical (unpaired) electrons. The molecule has 2 aromatic heterocycles. The van der Waals surface area contributed by atoms with Crippen LogP contribution in [0.1, 0.15) is 5.69 Å². The monoisotopic (exact) mass is 408 g/mol. The number of halogens is 1. The Bertz CT molecular complexity index is 1230. The maximum absolute atomic E-state index is 12.6. The first-order valence-electron chi connectivity index (χ1n) is 9.16. The van der Waals surface area contributed by atoms with Crippen molar-refractivity contribution in [3.05, 3.63) is 82.1 Å². The lowest BCUT2D eigenvalue weighted by Gasteiger charge is -2.14. The Morgan fingerprint density at radius 3 is 2.59 bits per heavy atom. The molecule has 0 aliphatic carbocycles. The number of imidazole rings is 1. The quantitative estimate of drug-likeness (QED) is 0.501. The summed E-state index contributed by atoms with van der Waals surface area (Å²) in [5.74, 6) is 0.693. The van der Waals surface area contributed by atoms with Crippen LogP contribution in [0, 0.1) is 0 Å². The maximum atomic E-state index is 12.6. The molecular weight excluding hydrogens is 388 g/mol. The Balaban J connectivity index is 1.74. The number of fused-ring (bicyclic) bond motifs is 1. The molecule has 0 aliphatic heterocycles. The number of nitrogens with zero attached hydrogens (tertiary/aromatic N) is 4. The summed E-state index contributed by atoms with van der Waals surface area (Å²) in [6, 6.07) is 15.3. The Labute approximate surface area is 173 Å². The third-order valence-corrected chi connectivity index (χ3v) is 4.95. The minimum absolute atomic E-state index is 0.155. The normalized spacial score (nSPS) is 11.0. The Kier molecular flexibility index (Phi) is 5.03. The molecule has 29 heavy (non-hydrogen) atoms. The summed E-state index contributed by atoms with van der Waals surface area (Å²) in [6.45, 7) is 0.254. The van der Waals surface area contributed by atoms with Crippen molar-refractivity contribution in [2.75, 3.05) is 19.0 Å². The number of benzene rings is 2. The van der Waals surface area contributed by atoms with Crippen LogP contribution >= 0.6 is 11.6 Å². The van der Waals surface area contributed by atoms with Crippen molar-refractivity contribution in [3.8, 4) is 16.9 Å². The van der Waals surface area contributed by atoms with Crippen LogP contribution in [0.5, 0.6) is 5.75 Å². The van der Waals surface area contributed by atoms with Crippen molar-refractivity contribution in [2.45, 2.75) is 6.61 Å². The maximum Gasteiger partial charge on any atom is 0.333 e. The van der Waals surface area contributed by atoms with Crippen LogP contribution in [0.3, 0.4) is 0 Å². The van der Waals surface area contributed by atoms with E-state index in [9.17, 15) is 4.79 Å². The van der Waals surface area contributed by atoms with E-state index in [0.29, 0.717) is 22.1 Å². The molecule has 7 heteroatoms. The van der Waals surface area contributed by atoms with Gasteiger partial charge in [0.25, 0.3) is 0 Å². The van der Waals surface area contributed by atoms with Gasteiger partial charge in [0.15, 0.2) is 5.65 Å². The lowest BCUT2D eigenvalue weighted by atomic mass is 10.1. The molecule has 0 aliphatic rings. The van der Waals surface area contributed by atoms with Crippen molar-refractivity contribution in [3.63, 3.8) is 0 Å². The molecule has 6 nitrogen and oxygen atoms in total. The molecule has 0 N–H and O–H groups in total. The fraction of sp³-hybridized carbons (Fsp3) is 0.182. The van der Waals surface area contributed by atoms with Gasteiger partial charge in [0.05, 0.1) is 5.69 Å². The van der Waals surface area contributed by atoms with E-state index in [-0.39, 0.29) is 12.3 Å². The van der Waals surface area contributed by atoms with E-state index < -0.39 is 0 Å². The third kappa shape index (κ3) is 3.84. The molecule has 2 aromatic carbocycles. The van der Waals surface area contributed by atoms with Crippen molar-refractivity contribution >= 4 is 22.9 Å². The van der Waals surface area contributed by atoms with E-state index in [4.69, 9.17) is 16.3 Å². The smallest absolute Gasteiger partial charge is 0.333 e. The first-order valence-corrected chi connectivity index (χ1v) is 9.54. The standard InChI is InChI=1S/C22H21ClN4O2/c1-25(2)18-6-4-5-15(11-18)20-13-26(3)22(28)27-12-17(24-21(20)27)14-29-19-9-7-16(23)8-10-19/h4-13H,14H2,1-3H3. The number of hydrogen-bond acceptors (Lipinski definition) is 4. The zero-order valence-corrected chi connectivity index (χ0v) is 17.2. The molecule has 0 spiro atoms. The SMILES string of the molecule is CN(C)c1cccc(-c2cn(C)c(=O)n3cc(COc4ccc(Cl)cc4)nc23)c1. The largest absolute Gasteiger partial charge is 0.487 e. The fourth-order valence-electron chi connectivity index (χ4n) is 3.15. The summed E-state index contributed by atoms with van der Waals surface area (Å²) in [7, 11) is 5.74. The highest BCUT2D eigenvalue weighted by Crippen LogP contribution is 2.27. The second-order valence-electron chi connectivity index (χ2n) is 7.05. The number of anilines is 1. The summed E-state index contributed by atoms with van der Waals surface area (Å²) in [5.41, 5.74) is 4.08. The first kappa shape index (κ1) is 19.1. The van der Waals surface area contributed by atoms with Crippen LogP contribution in [-0.2, 0) is 13.7 Å². The highest BCUT2D eigenvalue weighted by molar-refractivity contribution is 6.30. The van der Waals surface area contributed by atoms with Crippen molar-refractivity contribution in [2.24, 2.45) is 7.05 Å². The van der Waals surface area contributed by atoms with Gasteiger partial charge in [0.2, 0.25) is 0 Å². The van der Waals surface area contributed by atoms with Crippen molar-refractivity contribution in [1.29, 1.82) is 0 Å². The first-order chi connectivity index (χ1) is 13.9. The molecule has 4 aromatic rings. The highest BCUT2D eigenvalue weighted by Gasteiger charge is 2.14. The average Bonchev–Trinajstić information content (AvgIpc) is 3.15. The summed E-state index contributed by atoms with van der Waals surface area (Å²) in [4.78, 5) is 19.4. The van der Waals surface area contributed by atoms with Crippen LogP contribution in [0.25, 0.3) is 16.8 Å². The van der Waals surface area contributed by atoms with Crippen LogP contribution in [0.2, 0.25) is 5.02 Å². The zero-order valence-electron chi connectivity index (χ0n) is 16.5. The van der Waals surface area contributed by atoms with Gasteiger partial charge in [-0.25, -0.2) is 9.78 Å². The van der Waals surface area contributed by atoms with Gasteiger partial charge < -0.3 is 14.2 Å². The van der Waals surface area contributed by atoms with Gasteiger partial charge in [-0.2, -0.15) is 0 Å². The van der Waals surface area contributed by atoms with E-state index >= 15 is 0 Å². The van der Waals surface area contributed by atoms with Gasteiger partial charge >= 0.3 is 5.69 Å². The molecule has 0 saturated heterocycles. The lowest BCUT2D eigenvalue weighted by Crippen LogP contribution is -2.23. The molecule has 148 valence electrons. The molecule has 0 saturated carbocycles. The summed E-state index contributed by atoms with van der Waals surface area (Å²) < 4.78 is 8.93. The van der Waals surface area contributed by atoms with E-state index in [1.54, 1.807) is 46.5 Å². The lowest BCUT2D eigenvalue weighted by molar-refractivity contribution is 0.302. The minimum atomic E-state index is -0.155. The Morgan fingerprint density at radius 1 is 1.10 bits per heavy atom. The second-order valence-corrected chi connectivity index (χ2v) is 7.49. The molecule has 0 amide bonds. The highest BCUT2D eigenvalue weighted by atomic mass is 35.5. The summed E-state index contributed by atoms with van der Waals surface area (Å²) in [5, 5.41) is 0.651. The number of rotatable bonds is 5.